The quantitative estimate of drug-likeness (QED) is 0.879. The molecular formula is C11H12N2O3S. The van der Waals surface area contributed by atoms with Crippen LogP contribution in [0.15, 0.2) is 11.7 Å². The molecular weight excluding hydrogens is 240 g/mol. The monoisotopic (exact) mass is 252 g/mol. The highest BCUT2D eigenvalue weighted by Gasteiger charge is 2.50. The Bertz CT molecular complexity index is 455. The lowest BCUT2D eigenvalue weighted by Gasteiger charge is -2.25. The third-order valence-corrected chi connectivity index (χ3v) is 4.21. The number of rotatable bonds is 3. The zero-order chi connectivity index (χ0) is 12.0. The first-order valence-corrected chi connectivity index (χ1v) is 6.49. The number of nitrogens with zero attached hydrogens (tertiary/aromatic N) is 2. The molecule has 0 radical (unpaired) electrons. The van der Waals surface area contributed by atoms with Gasteiger partial charge in [0.15, 0.2) is 0 Å². The van der Waals surface area contributed by atoms with Gasteiger partial charge in [0, 0.05) is 23.5 Å². The second-order valence-electron chi connectivity index (χ2n) is 4.53. The highest BCUT2D eigenvalue weighted by Crippen LogP contribution is 2.45. The number of thiazole rings is 1. The number of carbonyl (C=O) groups excluding carboxylic acids is 1. The molecule has 1 aliphatic heterocycles. The van der Waals surface area contributed by atoms with Gasteiger partial charge >= 0.3 is 5.97 Å². The minimum atomic E-state index is -0.889. The molecule has 3 rings (SSSR count). The van der Waals surface area contributed by atoms with Crippen LogP contribution in [0.5, 0.6) is 0 Å². The van der Waals surface area contributed by atoms with Crippen LogP contribution in [-0.4, -0.2) is 32.9 Å². The number of likely N-dealkylation sites (tertiary alicyclic amines) is 1. The van der Waals surface area contributed by atoms with Gasteiger partial charge in [0.1, 0.15) is 0 Å². The third kappa shape index (κ3) is 1.72. The van der Waals surface area contributed by atoms with E-state index in [1.807, 2.05) is 0 Å². The van der Waals surface area contributed by atoms with Gasteiger partial charge in [-0.2, -0.15) is 0 Å². The SMILES string of the molecule is O=C(O)C1CC(=O)N(C2CC2)C1c1cncs1. The molecule has 2 atom stereocenters. The predicted molar refractivity (Wildman–Crippen MR) is 60.5 cm³/mol. The largest absolute Gasteiger partial charge is 0.481 e. The Hall–Kier alpha value is -1.43. The van der Waals surface area contributed by atoms with Crippen LogP contribution in [0.25, 0.3) is 0 Å². The summed E-state index contributed by atoms with van der Waals surface area (Å²) in [5.74, 6) is -1.54. The Morgan fingerprint density at radius 3 is 2.82 bits per heavy atom. The molecule has 5 nitrogen and oxygen atoms in total. The maximum absolute atomic E-state index is 11.9. The van der Waals surface area contributed by atoms with Crippen LogP contribution in [0.4, 0.5) is 0 Å². The number of carboxylic acid groups (broad SMARTS) is 1. The van der Waals surface area contributed by atoms with Gasteiger partial charge in [-0.15, -0.1) is 11.3 Å². The highest BCUT2D eigenvalue weighted by molar-refractivity contribution is 7.09. The molecule has 0 aromatic carbocycles. The standard InChI is InChI=1S/C11H12N2O3S/c14-9-3-7(11(15)16)10(8-4-12-5-17-8)13(9)6-1-2-6/h4-7,10H,1-3H2,(H,15,16). The number of aromatic nitrogens is 1. The molecule has 1 amide bonds. The molecule has 1 aliphatic carbocycles. The number of carbonyl (C=O) groups is 2. The molecule has 2 unspecified atom stereocenters. The van der Waals surface area contributed by atoms with Crippen molar-refractivity contribution in [2.45, 2.75) is 31.3 Å². The summed E-state index contributed by atoms with van der Waals surface area (Å²) in [5.41, 5.74) is 1.68. The fourth-order valence-corrected chi connectivity index (χ4v) is 3.25. The Balaban J connectivity index is 1.97. The molecule has 1 aromatic heterocycles. The molecule has 1 N–H and O–H groups in total. The van der Waals surface area contributed by atoms with Crippen LogP contribution in [-0.2, 0) is 9.59 Å². The maximum atomic E-state index is 11.9. The maximum Gasteiger partial charge on any atom is 0.309 e. The summed E-state index contributed by atoms with van der Waals surface area (Å²) in [6.07, 6.45) is 3.79. The van der Waals surface area contributed by atoms with E-state index in [0.29, 0.717) is 0 Å². The van der Waals surface area contributed by atoms with Crippen molar-refractivity contribution in [2.24, 2.45) is 5.92 Å². The van der Waals surface area contributed by atoms with E-state index in [9.17, 15) is 14.7 Å². The smallest absolute Gasteiger partial charge is 0.309 e. The van der Waals surface area contributed by atoms with Crippen LogP contribution in [0, 0.1) is 5.92 Å². The first-order chi connectivity index (χ1) is 8.18. The van der Waals surface area contributed by atoms with E-state index in [-0.39, 0.29) is 24.4 Å². The zero-order valence-corrected chi connectivity index (χ0v) is 9.89. The fraction of sp³-hybridized carbons (Fsp3) is 0.545. The van der Waals surface area contributed by atoms with Gasteiger partial charge in [-0.1, -0.05) is 0 Å². The van der Waals surface area contributed by atoms with E-state index in [1.54, 1.807) is 16.6 Å². The number of aliphatic carboxylic acids is 1. The van der Waals surface area contributed by atoms with E-state index >= 15 is 0 Å². The Morgan fingerprint density at radius 2 is 2.29 bits per heavy atom. The van der Waals surface area contributed by atoms with Crippen LogP contribution >= 0.6 is 11.3 Å². The van der Waals surface area contributed by atoms with Crippen molar-refractivity contribution in [1.82, 2.24) is 9.88 Å². The van der Waals surface area contributed by atoms with Crippen molar-refractivity contribution in [3.63, 3.8) is 0 Å². The molecule has 0 bridgehead atoms. The van der Waals surface area contributed by atoms with Gasteiger partial charge in [0.05, 0.1) is 17.5 Å². The van der Waals surface area contributed by atoms with Crippen molar-refractivity contribution in [3.8, 4) is 0 Å². The summed E-state index contributed by atoms with van der Waals surface area (Å²) < 4.78 is 0. The number of hydrogen-bond donors (Lipinski definition) is 1. The summed E-state index contributed by atoms with van der Waals surface area (Å²) in [5, 5.41) is 9.23. The fourth-order valence-electron chi connectivity index (χ4n) is 2.47. The Kier molecular flexibility index (Phi) is 2.39. The molecule has 6 heteroatoms. The zero-order valence-electron chi connectivity index (χ0n) is 9.07. The first-order valence-electron chi connectivity index (χ1n) is 5.61. The Morgan fingerprint density at radius 1 is 1.53 bits per heavy atom. The molecule has 2 heterocycles. The normalized spacial score (nSPS) is 28.7. The van der Waals surface area contributed by atoms with Crippen LogP contribution in [0.3, 0.4) is 0 Å². The molecule has 1 saturated heterocycles. The van der Waals surface area contributed by atoms with Crippen LogP contribution in [0.2, 0.25) is 0 Å². The van der Waals surface area contributed by atoms with Gasteiger partial charge in [-0.25, -0.2) is 0 Å². The van der Waals surface area contributed by atoms with Crippen molar-refractivity contribution < 1.29 is 14.7 Å². The molecule has 90 valence electrons. The first kappa shape index (κ1) is 10.7. The van der Waals surface area contributed by atoms with Crippen LogP contribution in [0.1, 0.15) is 30.2 Å². The summed E-state index contributed by atoms with van der Waals surface area (Å²) in [7, 11) is 0. The lowest BCUT2D eigenvalue weighted by Crippen LogP contribution is -2.31. The van der Waals surface area contributed by atoms with E-state index in [2.05, 4.69) is 4.98 Å². The van der Waals surface area contributed by atoms with E-state index in [4.69, 9.17) is 0 Å². The van der Waals surface area contributed by atoms with Gasteiger partial charge in [0.25, 0.3) is 0 Å². The van der Waals surface area contributed by atoms with Gasteiger partial charge in [-0.3, -0.25) is 14.6 Å². The molecule has 0 spiro atoms. The summed E-state index contributed by atoms with van der Waals surface area (Å²) in [4.78, 5) is 29.8. The molecule has 2 aliphatic rings. The average molecular weight is 252 g/mol. The highest BCUT2D eigenvalue weighted by atomic mass is 32.1. The Labute approximate surface area is 102 Å². The molecule has 1 saturated carbocycles. The average Bonchev–Trinajstić information content (AvgIpc) is 2.86. The van der Waals surface area contributed by atoms with E-state index < -0.39 is 11.9 Å². The summed E-state index contributed by atoms with van der Waals surface area (Å²) in [6, 6.07) is -0.0565. The number of hydrogen-bond acceptors (Lipinski definition) is 4. The van der Waals surface area contributed by atoms with Crippen molar-refractivity contribution in [3.05, 3.63) is 16.6 Å². The van der Waals surface area contributed by atoms with Crippen molar-refractivity contribution in [2.75, 3.05) is 0 Å². The second-order valence-corrected chi connectivity index (χ2v) is 5.45. The molecule has 17 heavy (non-hydrogen) atoms. The second kappa shape index (κ2) is 3.80. The topological polar surface area (TPSA) is 70.5 Å². The van der Waals surface area contributed by atoms with E-state index in [1.165, 1.54) is 11.3 Å². The van der Waals surface area contributed by atoms with Gasteiger partial charge < -0.3 is 10.0 Å². The lowest BCUT2D eigenvalue weighted by atomic mass is 9.99. The van der Waals surface area contributed by atoms with Crippen molar-refractivity contribution in [1.29, 1.82) is 0 Å². The lowest BCUT2D eigenvalue weighted by molar-refractivity contribution is -0.142. The molecule has 2 fully saturated rings. The summed E-state index contributed by atoms with van der Waals surface area (Å²) in [6.45, 7) is 0. The van der Waals surface area contributed by atoms with Gasteiger partial charge in [-0.05, 0) is 12.8 Å². The van der Waals surface area contributed by atoms with Gasteiger partial charge in [0.2, 0.25) is 5.91 Å². The van der Waals surface area contributed by atoms with Crippen molar-refractivity contribution >= 4 is 23.2 Å². The minimum Gasteiger partial charge on any atom is -0.481 e. The summed E-state index contributed by atoms with van der Waals surface area (Å²) >= 11 is 1.42. The van der Waals surface area contributed by atoms with Crippen LogP contribution < -0.4 is 0 Å². The predicted octanol–water partition coefficient (Wildman–Crippen LogP) is 1.28. The minimum absolute atomic E-state index is 0.0294. The molecule has 1 aromatic rings. The van der Waals surface area contributed by atoms with E-state index in [0.717, 1.165) is 17.7 Å². The number of amides is 1. The third-order valence-electron chi connectivity index (χ3n) is 3.36. The number of carboxylic acids is 1.